The van der Waals surface area contributed by atoms with Crippen molar-refractivity contribution in [2.24, 2.45) is 23.2 Å². The van der Waals surface area contributed by atoms with Gasteiger partial charge in [-0.2, -0.15) is 0 Å². The van der Waals surface area contributed by atoms with Crippen molar-refractivity contribution < 1.29 is 5.11 Å². The molecule has 2 heteroatoms. The molecule has 0 bridgehead atoms. The number of rotatable bonds is 5. The largest absolute Gasteiger partial charge is 0.395 e. The van der Waals surface area contributed by atoms with Crippen LogP contribution in [0.1, 0.15) is 59.3 Å². The Bertz CT molecular complexity index is 246. The standard InChI is InChI=1S/C16H31NO/c1-16(2,3)14-8-6-13(7-9-14)15(11-18)17-10-12-4-5-12/h12-15,17-18H,4-11H2,1-3H3. The lowest BCUT2D eigenvalue weighted by Gasteiger charge is -2.39. The SMILES string of the molecule is CC(C)(C)C1CCC(C(CO)NCC2CC2)CC1. The third kappa shape index (κ3) is 3.96. The summed E-state index contributed by atoms with van der Waals surface area (Å²) >= 11 is 0. The van der Waals surface area contributed by atoms with Crippen LogP contribution in [-0.2, 0) is 0 Å². The first-order valence-electron chi connectivity index (χ1n) is 7.85. The highest BCUT2D eigenvalue weighted by Crippen LogP contribution is 2.40. The van der Waals surface area contributed by atoms with E-state index in [0.29, 0.717) is 24.0 Å². The zero-order chi connectivity index (χ0) is 13.2. The molecule has 2 saturated carbocycles. The monoisotopic (exact) mass is 253 g/mol. The summed E-state index contributed by atoms with van der Waals surface area (Å²) in [6, 6.07) is 0.353. The van der Waals surface area contributed by atoms with Crippen molar-refractivity contribution in [2.45, 2.75) is 65.3 Å². The van der Waals surface area contributed by atoms with E-state index in [1.807, 2.05) is 0 Å². The lowest BCUT2D eigenvalue weighted by atomic mass is 9.68. The first kappa shape index (κ1) is 14.3. The van der Waals surface area contributed by atoms with Gasteiger partial charge in [-0.25, -0.2) is 0 Å². The minimum Gasteiger partial charge on any atom is -0.395 e. The van der Waals surface area contributed by atoms with Gasteiger partial charge in [0.2, 0.25) is 0 Å². The molecule has 0 aromatic heterocycles. The van der Waals surface area contributed by atoms with Crippen LogP contribution in [-0.4, -0.2) is 24.3 Å². The zero-order valence-electron chi connectivity index (χ0n) is 12.4. The van der Waals surface area contributed by atoms with Crippen LogP contribution < -0.4 is 5.32 Å². The number of aliphatic hydroxyl groups is 1. The molecule has 18 heavy (non-hydrogen) atoms. The molecule has 0 amide bonds. The average molecular weight is 253 g/mol. The van der Waals surface area contributed by atoms with E-state index in [4.69, 9.17) is 0 Å². The van der Waals surface area contributed by atoms with Crippen molar-refractivity contribution in [2.75, 3.05) is 13.2 Å². The summed E-state index contributed by atoms with van der Waals surface area (Å²) in [4.78, 5) is 0. The minimum atomic E-state index is 0.317. The number of hydrogen-bond acceptors (Lipinski definition) is 2. The van der Waals surface area contributed by atoms with Crippen molar-refractivity contribution in [3.05, 3.63) is 0 Å². The number of hydrogen-bond donors (Lipinski definition) is 2. The van der Waals surface area contributed by atoms with Crippen LogP contribution in [0.25, 0.3) is 0 Å². The summed E-state index contributed by atoms with van der Waals surface area (Å²) in [5.74, 6) is 2.48. The molecular weight excluding hydrogens is 222 g/mol. The predicted octanol–water partition coefficient (Wildman–Crippen LogP) is 3.20. The van der Waals surface area contributed by atoms with Crippen molar-refractivity contribution in [3.63, 3.8) is 0 Å². The van der Waals surface area contributed by atoms with E-state index in [1.54, 1.807) is 0 Å². The highest BCUT2D eigenvalue weighted by Gasteiger charge is 2.33. The molecule has 2 rings (SSSR count). The van der Waals surface area contributed by atoms with E-state index >= 15 is 0 Å². The maximum Gasteiger partial charge on any atom is 0.0587 e. The van der Waals surface area contributed by atoms with E-state index in [0.717, 1.165) is 18.4 Å². The highest BCUT2D eigenvalue weighted by molar-refractivity contribution is 4.87. The number of nitrogens with one attached hydrogen (secondary N) is 1. The third-order valence-electron chi connectivity index (χ3n) is 5.13. The molecule has 0 radical (unpaired) electrons. The molecule has 1 unspecified atom stereocenters. The van der Waals surface area contributed by atoms with Gasteiger partial charge in [0, 0.05) is 6.04 Å². The molecule has 0 spiro atoms. The van der Waals surface area contributed by atoms with Gasteiger partial charge in [-0.05, 0) is 68.2 Å². The molecule has 1 atom stereocenters. The second-order valence-corrected chi connectivity index (χ2v) is 7.62. The van der Waals surface area contributed by atoms with Crippen molar-refractivity contribution in [1.82, 2.24) is 5.32 Å². The molecule has 106 valence electrons. The van der Waals surface area contributed by atoms with Gasteiger partial charge < -0.3 is 10.4 Å². The van der Waals surface area contributed by atoms with Crippen LogP contribution in [0.3, 0.4) is 0 Å². The van der Waals surface area contributed by atoms with Crippen molar-refractivity contribution >= 4 is 0 Å². The van der Waals surface area contributed by atoms with Crippen LogP contribution in [0, 0.1) is 23.2 Å². The summed E-state index contributed by atoms with van der Waals surface area (Å²) in [6.07, 6.45) is 8.06. The Morgan fingerprint density at radius 3 is 2.11 bits per heavy atom. The molecule has 2 N–H and O–H groups in total. The van der Waals surface area contributed by atoms with Crippen LogP contribution in [0.5, 0.6) is 0 Å². The van der Waals surface area contributed by atoms with Gasteiger partial charge in [0.25, 0.3) is 0 Å². The normalized spacial score (nSPS) is 31.3. The Morgan fingerprint density at radius 2 is 1.67 bits per heavy atom. The summed E-state index contributed by atoms with van der Waals surface area (Å²) in [5.41, 5.74) is 0.459. The Hall–Kier alpha value is -0.0800. The van der Waals surface area contributed by atoms with Crippen LogP contribution >= 0.6 is 0 Å². The smallest absolute Gasteiger partial charge is 0.0587 e. The number of aliphatic hydroxyl groups excluding tert-OH is 1. The Morgan fingerprint density at radius 1 is 1.06 bits per heavy atom. The molecule has 0 aromatic carbocycles. The van der Waals surface area contributed by atoms with Crippen molar-refractivity contribution in [3.8, 4) is 0 Å². The molecule has 2 nitrogen and oxygen atoms in total. The zero-order valence-corrected chi connectivity index (χ0v) is 12.4. The second kappa shape index (κ2) is 5.92. The first-order chi connectivity index (χ1) is 8.50. The first-order valence-corrected chi connectivity index (χ1v) is 7.85. The molecule has 2 aliphatic carbocycles. The molecule has 0 saturated heterocycles. The molecule has 2 aliphatic rings. The van der Waals surface area contributed by atoms with Gasteiger partial charge >= 0.3 is 0 Å². The van der Waals surface area contributed by atoms with Crippen LogP contribution in [0.2, 0.25) is 0 Å². The van der Waals surface area contributed by atoms with E-state index in [1.165, 1.54) is 38.5 Å². The fourth-order valence-corrected chi connectivity index (χ4v) is 3.41. The van der Waals surface area contributed by atoms with Crippen LogP contribution in [0.4, 0.5) is 0 Å². The maximum absolute atomic E-state index is 9.57. The highest BCUT2D eigenvalue weighted by atomic mass is 16.3. The second-order valence-electron chi connectivity index (χ2n) is 7.62. The molecular formula is C16H31NO. The Kier molecular flexibility index (Phi) is 4.71. The fourth-order valence-electron chi connectivity index (χ4n) is 3.41. The van der Waals surface area contributed by atoms with E-state index in [9.17, 15) is 5.11 Å². The molecule has 0 aromatic rings. The van der Waals surface area contributed by atoms with Gasteiger partial charge in [0.1, 0.15) is 0 Å². The quantitative estimate of drug-likeness (QED) is 0.788. The van der Waals surface area contributed by atoms with Gasteiger partial charge in [0.05, 0.1) is 6.61 Å². The lowest BCUT2D eigenvalue weighted by Crippen LogP contribution is -2.42. The third-order valence-corrected chi connectivity index (χ3v) is 5.13. The average Bonchev–Trinajstić information content (AvgIpc) is 3.13. The summed E-state index contributed by atoms with van der Waals surface area (Å²) < 4.78 is 0. The van der Waals surface area contributed by atoms with Gasteiger partial charge in [-0.1, -0.05) is 20.8 Å². The molecule has 0 heterocycles. The van der Waals surface area contributed by atoms with Gasteiger partial charge in [-0.3, -0.25) is 0 Å². The van der Waals surface area contributed by atoms with Crippen LogP contribution in [0.15, 0.2) is 0 Å². The van der Waals surface area contributed by atoms with E-state index in [-0.39, 0.29) is 0 Å². The fraction of sp³-hybridized carbons (Fsp3) is 1.00. The molecule has 0 aliphatic heterocycles. The topological polar surface area (TPSA) is 32.3 Å². The predicted molar refractivity (Wildman–Crippen MR) is 76.5 cm³/mol. The van der Waals surface area contributed by atoms with E-state index in [2.05, 4.69) is 26.1 Å². The Labute approximate surface area is 113 Å². The summed E-state index contributed by atoms with van der Waals surface area (Å²) in [7, 11) is 0. The lowest BCUT2D eigenvalue weighted by molar-refractivity contribution is 0.110. The summed E-state index contributed by atoms with van der Waals surface area (Å²) in [5, 5.41) is 13.2. The Balaban J connectivity index is 1.75. The minimum absolute atomic E-state index is 0.317. The van der Waals surface area contributed by atoms with E-state index < -0.39 is 0 Å². The molecule has 2 fully saturated rings. The van der Waals surface area contributed by atoms with Crippen molar-refractivity contribution in [1.29, 1.82) is 0 Å². The summed E-state index contributed by atoms with van der Waals surface area (Å²) in [6.45, 7) is 8.55. The van der Waals surface area contributed by atoms with Gasteiger partial charge in [0.15, 0.2) is 0 Å². The van der Waals surface area contributed by atoms with Gasteiger partial charge in [-0.15, -0.1) is 0 Å². The maximum atomic E-state index is 9.57.